The number of hydrogen-bond donors (Lipinski definition) is 3. The van der Waals surface area contributed by atoms with Gasteiger partial charge in [0.05, 0.1) is 28.2 Å². The Balaban J connectivity index is 1.70. The van der Waals surface area contributed by atoms with E-state index in [0.717, 1.165) is 29.5 Å². The Kier molecular flexibility index (Phi) is 7.60. The maximum absolute atomic E-state index is 13.5. The van der Waals surface area contributed by atoms with Crippen LogP contribution in [0.3, 0.4) is 0 Å². The van der Waals surface area contributed by atoms with Crippen LogP contribution in [0.2, 0.25) is 5.02 Å². The Morgan fingerprint density at radius 2 is 1.62 bits per heavy atom. The van der Waals surface area contributed by atoms with Gasteiger partial charge in [0.1, 0.15) is 10.3 Å². The normalized spacial score (nSPS) is 16.7. The Labute approximate surface area is 219 Å². The van der Waals surface area contributed by atoms with Crippen molar-refractivity contribution in [2.75, 3.05) is 5.32 Å². The Hall–Kier alpha value is -3.76. The fraction of sp³-hybridized carbons (Fsp3) is 0.115. The molecule has 1 atom stereocenters. The maximum Gasteiger partial charge on any atom is 0.417 e. The van der Waals surface area contributed by atoms with Gasteiger partial charge < -0.3 is 16.4 Å². The lowest BCUT2D eigenvalue weighted by atomic mass is 10.1. The summed E-state index contributed by atoms with van der Waals surface area (Å²) in [5, 5.41) is 4.88. The molecule has 0 radical (unpaired) electrons. The van der Waals surface area contributed by atoms with Gasteiger partial charge in [-0.15, -0.1) is 0 Å². The summed E-state index contributed by atoms with van der Waals surface area (Å²) in [6, 6.07) is 18.0. The number of aliphatic imine (C=N–C) groups is 1. The Morgan fingerprint density at radius 3 is 2.30 bits per heavy atom. The first-order valence-corrected chi connectivity index (χ1v) is 12.2. The topological polar surface area (TPSA) is 96.6 Å². The highest BCUT2D eigenvalue weighted by Crippen LogP contribution is 2.36. The van der Waals surface area contributed by atoms with E-state index < -0.39 is 34.4 Å². The van der Waals surface area contributed by atoms with Crippen LogP contribution >= 0.6 is 23.4 Å². The molecule has 3 aromatic rings. The van der Waals surface area contributed by atoms with Crippen molar-refractivity contribution >= 4 is 51.6 Å². The number of aryl methyl sites for hydroxylation is 1. The molecule has 1 heterocycles. The molecule has 0 bridgehead atoms. The molecular weight excluding hydrogens is 525 g/mol. The van der Waals surface area contributed by atoms with Crippen LogP contribution in [0, 0.1) is 6.92 Å². The smallest absolute Gasteiger partial charge is 0.399 e. The lowest BCUT2D eigenvalue weighted by Crippen LogP contribution is -2.32. The van der Waals surface area contributed by atoms with Crippen LogP contribution in [-0.4, -0.2) is 22.1 Å². The van der Waals surface area contributed by atoms with E-state index in [0.29, 0.717) is 16.4 Å². The van der Waals surface area contributed by atoms with Crippen molar-refractivity contribution in [2.45, 2.75) is 18.3 Å². The second kappa shape index (κ2) is 10.7. The number of rotatable bonds is 5. The largest absolute Gasteiger partial charge is 0.417 e. The van der Waals surface area contributed by atoms with E-state index in [9.17, 15) is 22.8 Å². The molecular formula is C26H20ClF3N4O2S. The lowest BCUT2D eigenvalue weighted by Gasteiger charge is -2.14. The van der Waals surface area contributed by atoms with Crippen molar-refractivity contribution in [2.24, 2.45) is 10.7 Å². The number of carbonyl (C=O) groups is 2. The molecule has 0 fully saturated rings. The van der Waals surface area contributed by atoms with Crippen molar-refractivity contribution in [3.05, 3.63) is 106 Å². The summed E-state index contributed by atoms with van der Waals surface area (Å²) in [6.45, 7) is 1.83. The highest BCUT2D eigenvalue weighted by molar-refractivity contribution is 8.16. The van der Waals surface area contributed by atoms with Gasteiger partial charge in [-0.05, 0) is 55.0 Å². The molecule has 6 nitrogen and oxygen atoms in total. The highest BCUT2D eigenvalue weighted by Gasteiger charge is 2.38. The number of benzene rings is 3. The van der Waals surface area contributed by atoms with Crippen LogP contribution in [0.15, 0.2) is 89.2 Å². The number of alkyl halides is 3. The molecule has 1 aliphatic rings. The van der Waals surface area contributed by atoms with Crippen LogP contribution < -0.4 is 16.4 Å². The van der Waals surface area contributed by atoms with Crippen molar-refractivity contribution < 1.29 is 22.8 Å². The first-order valence-electron chi connectivity index (χ1n) is 10.9. The summed E-state index contributed by atoms with van der Waals surface area (Å²) in [5.41, 5.74) is 6.40. The van der Waals surface area contributed by atoms with Gasteiger partial charge in [-0.2, -0.15) is 13.2 Å². The van der Waals surface area contributed by atoms with Gasteiger partial charge in [0.15, 0.2) is 0 Å². The summed E-state index contributed by atoms with van der Waals surface area (Å²) < 4.78 is 40.5. The van der Waals surface area contributed by atoms with Crippen LogP contribution in [0.1, 0.15) is 21.5 Å². The number of nitrogens with one attached hydrogen (secondary N) is 2. The molecule has 0 saturated carbocycles. The van der Waals surface area contributed by atoms with Gasteiger partial charge in [-0.1, -0.05) is 53.7 Å². The molecule has 3 aromatic carbocycles. The van der Waals surface area contributed by atoms with Gasteiger partial charge in [0, 0.05) is 10.7 Å². The monoisotopic (exact) mass is 544 g/mol. The number of thioether (sulfide) groups is 1. The number of nitrogens with zero attached hydrogens (tertiary/aromatic N) is 1. The van der Waals surface area contributed by atoms with Crippen LogP contribution in [0.25, 0.3) is 0 Å². The van der Waals surface area contributed by atoms with Crippen molar-refractivity contribution in [3.8, 4) is 0 Å². The highest BCUT2D eigenvalue weighted by atomic mass is 35.5. The predicted molar refractivity (Wildman–Crippen MR) is 140 cm³/mol. The first-order chi connectivity index (χ1) is 17.5. The van der Waals surface area contributed by atoms with E-state index in [2.05, 4.69) is 15.6 Å². The number of nitrogens with two attached hydrogens (primary N) is 1. The quantitative estimate of drug-likeness (QED) is 0.364. The van der Waals surface area contributed by atoms with E-state index in [-0.39, 0.29) is 16.4 Å². The fourth-order valence-electron chi connectivity index (χ4n) is 3.54. The number of amides is 2. The molecule has 4 N–H and O–H groups in total. The Bertz CT molecular complexity index is 1420. The van der Waals surface area contributed by atoms with E-state index in [4.69, 9.17) is 17.3 Å². The van der Waals surface area contributed by atoms with Crippen LogP contribution in [0.4, 0.5) is 24.5 Å². The number of hydrogen-bond acceptors (Lipinski definition) is 5. The molecule has 0 unspecified atom stereocenters. The lowest BCUT2D eigenvalue weighted by molar-refractivity contribution is -0.138. The van der Waals surface area contributed by atoms with E-state index in [1.54, 1.807) is 36.4 Å². The van der Waals surface area contributed by atoms with E-state index >= 15 is 0 Å². The number of para-hydroxylation sites is 1. The van der Waals surface area contributed by atoms with Gasteiger partial charge in [0.25, 0.3) is 5.91 Å². The molecule has 37 heavy (non-hydrogen) atoms. The molecule has 0 aliphatic carbocycles. The van der Waals surface area contributed by atoms with E-state index in [1.807, 2.05) is 19.1 Å². The fourth-order valence-corrected chi connectivity index (χ4v) is 4.74. The van der Waals surface area contributed by atoms with Crippen molar-refractivity contribution in [3.63, 3.8) is 0 Å². The number of halogens is 4. The Morgan fingerprint density at radius 1 is 0.973 bits per heavy atom. The maximum atomic E-state index is 13.5. The zero-order valence-electron chi connectivity index (χ0n) is 19.3. The standard InChI is InChI=1S/C26H20ClF3N4O2S/c1-14-6-2-5-9-19(14)33-25-21(34-23(35)17-7-3-4-8-18(17)26(28,29)30)20(31)22(37-25)24(36)32-16-12-10-15(27)11-13-16/h2-13,22H,31H2,1H3,(H,32,36)(H,34,35)/t22-/m0/s1. The summed E-state index contributed by atoms with van der Waals surface area (Å²) in [4.78, 5) is 30.6. The van der Waals surface area contributed by atoms with Crippen molar-refractivity contribution in [1.29, 1.82) is 0 Å². The van der Waals surface area contributed by atoms with E-state index in [1.165, 1.54) is 12.1 Å². The third kappa shape index (κ3) is 5.98. The van der Waals surface area contributed by atoms with Gasteiger partial charge in [0.2, 0.25) is 5.91 Å². The second-order valence-corrected chi connectivity index (χ2v) is 9.56. The molecule has 11 heteroatoms. The molecule has 0 aromatic heterocycles. The SMILES string of the molecule is Cc1ccccc1N=C1S[C@H](C(=O)Nc2ccc(Cl)cc2)C(N)=C1NC(=O)c1ccccc1C(F)(F)F. The third-order valence-electron chi connectivity index (χ3n) is 5.42. The summed E-state index contributed by atoms with van der Waals surface area (Å²) in [7, 11) is 0. The summed E-state index contributed by atoms with van der Waals surface area (Å²) in [6.07, 6.45) is -4.74. The number of anilines is 1. The van der Waals surface area contributed by atoms with Gasteiger partial charge in [-0.3, -0.25) is 9.59 Å². The third-order valence-corrected chi connectivity index (χ3v) is 6.89. The zero-order valence-corrected chi connectivity index (χ0v) is 20.8. The average molecular weight is 545 g/mol. The minimum absolute atomic E-state index is 0.0218. The van der Waals surface area contributed by atoms with Crippen molar-refractivity contribution in [1.82, 2.24) is 5.32 Å². The van der Waals surface area contributed by atoms with Gasteiger partial charge in [-0.25, -0.2) is 4.99 Å². The predicted octanol–water partition coefficient (Wildman–Crippen LogP) is 6.05. The van der Waals surface area contributed by atoms with Crippen LogP contribution in [-0.2, 0) is 11.0 Å². The minimum Gasteiger partial charge on any atom is -0.399 e. The summed E-state index contributed by atoms with van der Waals surface area (Å²) in [5.74, 6) is -1.52. The number of carbonyl (C=O) groups excluding carboxylic acids is 2. The summed E-state index contributed by atoms with van der Waals surface area (Å²) >= 11 is 6.88. The second-order valence-electron chi connectivity index (χ2n) is 8.03. The van der Waals surface area contributed by atoms with Gasteiger partial charge >= 0.3 is 6.18 Å². The minimum atomic E-state index is -4.74. The molecule has 190 valence electrons. The molecule has 1 aliphatic heterocycles. The molecule has 2 amide bonds. The zero-order chi connectivity index (χ0) is 26.7. The molecule has 4 rings (SSSR count). The molecule has 0 saturated heterocycles. The average Bonchev–Trinajstić information content (AvgIpc) is 3.16. The van der Waals surface area contributed by atoms with Crippen LogP contribution in [0.5, 0.6) is 0 Å². The first kappa shape index (κ1) is 26.3. The molecule has 0 spiro atoms.